The molecule has 2 heterocycles. The van der Waals surface area contributed by atoms with E-state index in [1.54, 1.807) is 17.4 Å². The molecule has 2 aromatic rings. The van der Waals surface area contributed by atoms with E-state index < -0.39 is 17.9 Å². The molecule has 0 bridgehead atoms. The number of carboxylic acids is 1. The average molecular weight is 475 g/mol. The van der Waals surface area contributed by atoms with Gasteiger partial charge in [0.15, 0.2) is 17.3 Å². The number of hydrogen-bond acceptors (Lipinski definition) is 7. The standard InChI is InChI=1S/C24H30N2O6S/c1-4-17-15(6-7-18(31-5-2)22(17)32-21(14(3)27)24(29)30)8-11-26-23(28)20-12-16-13-25-10-9-19(16)33-20/h6-7,12,21,25H,4-5,8-11,13H2,1-3H3,(H,26,28)(H,29,30). The van der Waals surface area contributed by atoms with E-state index in [2.05, 4.69) is 10.6 Å². The van der Waals surface area contributed by atoms with E-state index in [4.69, 9.17) is 9.47 Å². The third-order valence-corrected chi connectivity index (χ3v) is 6.68. The fraction of sp³-hybridized carbons (Fsp3) is 0.458. The number of carbonyl (C=O) groups excluding carboxylic acids is 2. The Labute approximate surface area is 197 Å². The molecule has 1 aliphatic rings. The fourth-order valence-electron chi connectivity index (χ4n) is 3.85. The van der Waals surface area contributed by atoms with E-state index in [-0.39, 0.29) is 11.7 Å². The molecule has 0 saturated carbocycles. The Bertz CT molecular complexity index is 995. The van der Waals surface area contributed by atoms with E-state index >= 15 is 0 Å². The summed E-state index contributed by atoms with van der Waals surface area (Å²) in [5.74, 6) is -1.38. The second kappa shape index (κ2) is 11.3. The summed E-state index contributed by atoms with van der Waals surface area (Å²) in [6.45, 7) is 7.43. The number of ether oxygens (including phenoxy) is 2. The summed E-state index contributed by atoms with van der Waals surface area (Å²) in [5.41, 5.74) is 2.86. The van der Waals surface area contributed by atoms with Crippen LogP contribution in [0.3, 0.4) is 0 Å². The van der Waals surface area contributed by atoms with Crippen LogP contribution in [0.4, 0.5) is 0 Å². The fourth-order valence-corrected chi connectivity index (χ4v) is 4.95. The van der Waals surface area contributed by atoms with Gasteiger partial charge in [-0.15, -0.1) is 11.3 Å². The summed E-state index contributed by atoms with van der Waals surface area (Å²) in [4.78, 5) is 37.9. The predicted octanol–water partition coefficient (Wildman–Crippen LogP) is 2.75. The highest BCUT2D eigenvalue weighted by Crippen LogP contribution is 2.36. The smallest absolute Gasteiger partial charge is 0.352 e. The lowest BCUT2D eigenvalue weighted by molar-refractivity contribution is -0.149. The Hall–Kier alpha value is -2.91. The monoisotopic (exact) mass is 474 g/mol. The molecule has 3 rings (SSSR count). The van der Waals surface area contributed by atoms with Crippen LogP contribution in [0.25, 0.3) is 0 Å². The number of rotatable bonds is 11. The van der Waals surface area contributed by atoms with Crippen molar-refractivity contribution in [3.63, 3.8) is 0 Å². The van der Waals surface area contributed by atoms with Crippen molar-refractivity contribution in [2.75, 3.05) is 19.7 Å². The Morgan fingerprint density at radius 2 is 2.06 bits per heavy atom. The van der Waals surface area contributed by atoms with Crippen molar-refractivity contribution < 1.29 is 29.0 Å². The first-order valence-corrected chi connectivity index (χ1v) is 11.9. The molecule has 1 amide bonds. The van der Waals surface area contributed by atoms with Crippen molar-refractivity contribution >= 4 is 29.0 Å². The number of nitrogens with one attached hydrogen (secondary N) is 2. The third kappa shape index (κ3) is 5.91. The molecule has 1 aliphatic heterocycles. The zero-order valence-electron chi connectivity index (χ0n) is 19.2. The Balaban J connectivity index is 1.75. The lowest BCUT2D eigenvalue weighted by atomic mass is 10.00. The van der Waals surface area contributed by atoms with Crippen LogP contribution in [-0.2, 0) is 35.4 Å². The van der Waals surface area contributed by atoms with Crippen molar-refractivity contribution in [1.29, 1.82) is 0 Å². The molecule has 0 aliphatic carbocycles. The van der Waals surface area contributed by atoms with Gasteiger partial charge >= 0.3 is 5.97 Å². The number of aliphatic carboxylic acids is 1. The molecule has 0 saturated heterocycles. The van der Waals surface area contributed by atoms with Crippen molar-refractivity contribution in [2.45, 2.75) is 52.7 Å². The minimum Gasteiger partial charge on any atom is -0.490 e. The van der Waals surface area contributed by atoms with Gasteiger partial charge in [0.05, 0.1) is 11.5 Å². The molecular formula is C24H30N2O6S. The lowest BCUT2D eigenvalue weighted by Gasteiger charge is -2.21. The minimum absolute atomic E-state index is 0.0996. The first kappa shape index (κ1) is 24.7. The Kier molecular flexibility index (Phi) is 8.46. The second-order valence-corrected chi connectivity index (χ2v) is 8.89. The topological polar surface area (TPSA) is 114 Å². The lowest BCUT2D eigenvalue weighted by Crippen LogP contribution is -2.34. The van der Waals surface area contributed by atoms with Gasteiger partial charge in [-0.05, 0) is 56.4 Å². The Morgan fingerprint density at radius 1 is 1.27 bits per heavy atom. The normalized spacial score (nSPS) is 13.7. The van der Waals surface area contributed by atoms with Gasteiger partial charge in [0.1, 0.15) is 0 Å². The molecule has 1 unspecified atom stereocenters. The average Bonchev–Trinajstić information content (AvgIpc) is 3.22. The molecule has 0 radical (unpaired) electrons. The number of carbonyl (C=O) groups is 3. The number of amides is 1. The van der Waals surface area contributed by atoms with E-state index in [1.165, 1.54) is 17.4 Å². The van der Waals surface area contributed by atoms with E-state index in [0.29, 0.717) is 36.6 Å². The third-order valence-electron chi connectivity index (χ3n) is 5.45. The summed E-state index contributed by atoms with van der Waals surface area (Å²) in [7, 11) is 0. The van der Waals surface area contributed by atoms with Gasteiger partial charge < -0.3 is 25.2 Å². The largest absolute Gasteiger partial charge is 0.490 e. The zero-order valence-corrected chi connectivity index (χ0v) is 20.0. The zero-order chi connectivity index (χ0) is 24.0. The maximum absolute atomic E-state index is 12.6. The molecule has 178 valence electrons. The van der Waals surface area contributed by atoms with Gasteiger partial charge in [-0.2, -0.15) is 0 Å². The molecule has 1 aromatic heterocycles. The highest BCUT2D eigenvalue weighted by Gasteiger charge is 2.28. The SMILES string of the molecule is CCOc1ccc(CCNC(=O)c2cc3c(s2)CCNC3)c(CC)c1OC(C(C)=O)C(=O)O. The molecule has 0 fully saturated rings. The van der Waals surface area contributed by atoms with Crippen LogP contribution in [0.2, 0.25) is 0 Å². The summed E-state index contributed by atoms with van der Waals surface area (Å²) in [5, 5.41) is 15.7. The molecule has 1 aromatic carbocycles. The van der Waals surface area contributed by atoms with Gasteiger partial charge in [-0.1, -0.05) is 13.0 Å². The van der Waals surface area contributed by atoms with Crippen LogP contribution in [0.15, 0.2) is 18.2 Å². The van der Waals surface area contributed by atoms with E-state index in [1.807, 2.05) is 26.0 Å². The summed E-state index contributed by atoms with van der Waals surface area (Å²) in [6.07, 6.45) is 0.416. The van der Waals surface area contributed by atoms with Gasteiger partial charge in [0.2, 0.25) is 0 Å². The number of Topliss-reactive ketones (excluding diaryl/α,β-unsaturated/α-hetero) is 1. The van der Waals surface area contributed by atoms with Gasteiger partial charge in [-0.3, -0.25) is 9.59 Å². The molecule has 1 atom stereocenters. The number of ketones is 1. The van der Waals surface area contributed by atoms with Crippen molar-refractivity contribution in [3.8, 4) is 11.5 Å². The summed E-state index contributed by atoms with van der Waals surface area (Å²) < 4.78 is 11.3. The molecule has 0 spiro atoms. The predicted molar refractivity (Wildman–Crippen MR) is 125 cm³/mol. The van der Waals surface area contributed by atoms with Crippen LogP contribution >= 0.6 is 11.3 Å². The summed E-state index contributed by atoms with van der Waals surface area (Å²) >= 11 is 1.54. The van der Waals surface area contributed by atoms with Crippen molar-refractivity contribution in [3.05, 3.63) is 44.6 Å². The van der Waals surface area contributed by atoms with Crippen LogP contribution in [0.1, 0.15) is 52.0 Å². The van der Waals surface area contributed by atoms with Crippen molar-refractivity contribution in [2.24, 2.45) is 0 Å². The number of hydrogen-bond donors (Lipinski definition) is 3. The van der Waals surface area contributed by atoms with E-state index in [9.17, 15) is 19.5 Å². The molecule has 3 N–H and O–H groups in total. The first-order chi connectivity index (χ1) is 15.8. The first-order valence-electron chi connectivity index (χ1n) is 11.1. The highest BCUT2D eigenvalue weighted by atomic mass is 32.1. The molecule has 8 nitrogen and oxygen atoms in total. The molecular weight excluding hydrogens is 444 g/mol. The summed E-state index contributed by atoms with van der Waals surface area (Å²) in [6, 6.07) is 5.56. The number of thiophene rings is 1. The maximum atomic E-state index is 12.6. The highest BCUT2D eigenvalue weighted by molar-refractivity contribution is 7.14. The molecule has 33 heavy (non-hydrogen) atoms. The van der Waals surface area contributed by atoms with Gasteiger partial charge in [0.25, 0.3) is 12.0 Å². The number of carboxylic acid groups (broad SMARTS) is 1. The van der Waals surface area contributed by atoms with Gasteiger partial charge in [0, 0.05) is 30.1 Å². The van der Waals surface area contributed by atoms with E-state index in [0.717, 1.165) is 30.6 Å². The second-order valence-electron chi connectivity index (χ2n) is 7.76. The quantitative estimate of drug-likeness (QED) is 0.429. The van der Waals surface area contributed by atoms with Crippen LogP contribution < -0.4 is 20.1 Å². The number of benzene rings is 1. The maximum Gasteiger partial charge on any atom is 0.352 e. The van der Waals surface area contributed by atoms with Gasteiger partial charge in [-0.25, -0.2) is 4.79 Å². The molecule has 9 heteroatoms. The van der Waals surface area contributed by atoms with Crippen LogP contribution in [0, 0.1) is 0 Å². The van der Waals surface area contributed by atoms with Crippen molar-refractivity contribution in [1.82, 2.24) is 10.6 Å². The van der Waals surface area contributed by atoms with Crippen LogP contribution in [-0.4, -0.2) is 48.6 Å². The number of fused-ring (bicyclic) bond motifs is 1. The van der Waals surface area contributed by atoms with Crippen LogP contribution in [0.5, 0.6) is 11.5 Å². The minimum atomic E-state index is -1.61. The Morgan fingerprint density at radius 3 is 2.70 bits per heavy atom.